The van der Waals surface area contributed by atoms with Crippen LogP contribution in [0, 0.1) is 0 Å². The van der Waals surface area contributed by atoms with Gasteiger partial charge in [-0.25, -0.2) is 8.42 Å². The molecule has 0 bridgehead atoms. The second kappa shape index (κ2) is 10.6. The van der Waals surface area contributed by atoms with Crippen LogP contribution in [-0.2, 0) is 16.4 Å². The van der Waals surface area contributed by atoms with E-state index in [9.17, 15) is 18.0 Å². The summed E-state index contributed by atoms with van der Waals surface area (Å²) >= 11 is 0. The first kappa shape index (κ1) is 23.8. The lowest BCUT2D eigenvalue weighted by Crippen LogP contribution is -2.26. The molecule has 3 rings (SSSR count). The molecular formula is C24H25N3O5S. The van der Waals surface area contributed by atoms with Gasteiger partial charge in [0.25, 0.3) is 15.9 Å². The van der Waals surface area contributed by atoms with Crippen molar-refractivity contribution in [3.8, 4) is 5.75 Å². The predicted octanol–water partition coefficient (Wildman–Crippen LogP) is 2.96. The van der Waals surface area contributed by atoms with Gasteiger partial charge in [-0.05, 0) is 73.5 Å². The van der Waals surface area contributed by atoms with Crippen LogP contribution < -0.4 is 20.5 Å². The number of benzene rings is 3. The summed E-state index contributed by atoms with van der Waals surface area (Å²) in [6.07, 6.45) is 0.511. The lowest BCUT2D eigenvalue weighted by Gasteiger charge is -2.11. The molecule has 3 aromatic rings. The largest absolute Gasteiger partial charge is 0.494 e. The summed E-state index contributed by atoms with van der Waals surface area (Å²) in [7, 11) is -3.83. The van der Waals surface area contributed by atoms with Crippen molar-refractivity contribution in [3.63, 3.8) is 0 Å². The van der Waals surface area contributed by atoms with Gasteiger partial charge in [0, 0.05) is 23.4 Å². The van der Waals surface area contributed by atoms with Crippen LogP contribution in [0.25, 0.3) is 0 Å². The number of anilines is 1. The molecule has 172 valence electrons. The van der Waals surface area contributed by atoms with E-state index in [4.69, 9.17) is 10.5 Å². The second-order valence-electron chi connectivity index (χ2n) is 7.16. The molecule has 0 aliphatic carbocycles. The number of hydrogen-bond acceptors (Lipinski definition) is 5. The van der Waals surface area contributed by atoms with Crippen molar-refractivity contribution in [2.45, 2.75) is 18.2 Å². The summed E-state index contributed by atoms with van der Waals surface area (Å²) in [6, 6.07) is 19.2. The third-order valence-electron chi connectivity index (χ3n) is 4.73. The van der Waals surface area contributed by atoms with E-state index in [0.29, 0.717) is 36.4 Å². The van der Waals surface area contributed by atoms with Gasteiger partial charge in [0.2, 0.25) is 5.91 Å². The van der Waals surface area contributed by atoms with Crippen LogP contribution >= 0.6 is 0 Å². The molecule has 2 amide bonds. The van der Waals surface area contributed by atoms with Crippen molar-refractivity contribution in [1.29, 1.82) is 0 Å². The standard InChI is InChI=1S/C24H25N3O5S/c1-2-32-21-9-11-22(12-10-21)33(30,31)27-20-8-4-7-19(16-20)24(29)26-14-13-17-5-3-6-18(15-17)23(25)28/h3-12,15-16,27H,2,13-14H2,1H3,(H2,25,28)(H,26,29). The minimum Gasteiger partial charge on any atom is -0.494 e. The van der Waals surface area contributed by atoms with Gasteiger partial charge in [-0.1, -0.05) is 18.2 Å². The molecule has 3 aromatic carbocycles. The third kappa shape index (κ3) is 6.56. The zero-order valence-electron chi connectivity index (χ0n) is 18.1. The molecule has 0 saturated carbocycles. The molecule has 8 nitrogen and oxygen atoms in total. The van der Waals surface area contributed by atoms with E-state index in [0.717, 1.165) is 5.56 Å². The topological polar surface area (TPSA) is 128 Å². The van der Waals surface area contributed by atoms with Gasteiger partial charge < -0.3 is 15.8 Å². The Labute approximate surface area is 192 Å². The SMILES string of the molecule is CCOc1ccc(S(=O)(=O)Nc2cccc(C(=O)NCCc3cccc(C(N)=O)c3)c2)cc1. The average molecular weight is 468 g/mol. The first-order chi connectivity index (χ1) is 15.8. The molecule has 4 N–H and O–H groups in total. The Morgan fingerprint density at radius 2 is 1.64 bits per heavy atom. The van der Waals surface area contributed by atoms with Crippen LogP contribution in [0.3, 0.4) is 0 Å². The summed E-state index contributed by atoms with van der Waals surface area (Å²) < 4.78 is 33.2. The molecule has 0 aliphatic heterocycles. The van der Waals surface area contributed by atoms with Crippen LogP contribution in [0.15, 0.2) is 77.7 Å². The van der Waals surface area contributed by atoms with E-state index in [1.165, 1.54) is 18.2 Å². The van der Waals surface area contributed by atoms with Gasteiger partial charge >= 0.3 is 0 Å². The highest BCUT2D eigenvalue weighted by molar-refractivity contribution is 7.92. The number of primary amides is 1. The van der Waals surface area contributed by atoms with Gasteiger partial charge in [-0.15, -0.1) is 0 Å². The van der Waals surface area contributed by atoms with Gasteiger partial charge in [0.1, 0.15) is 5.75 Å². The second-order valence-corrected chi connectivity index (χ2v) is 8.84. The van der Waals surface area contributed by atoms with Crippen molar-refractivity contribution in [2.75, 3.05) is 17.9 Å². The van der Waals surface area contributed by atoms with Crippen molar-refractivity contribution in [3.05, 3.63) is 89.5 Å². The van der Waals surface area contributed by atoms with E-state index in [2.05, 4.69) is 10.0 Å². The molecule has 0 aromatic heterocycles. The van der Waals surface area contributed by atoms with Crippen LogP contribution in [0.2, 0.25) is 0 Å². The molecule has 9 heteroatoms. The number of ether oxygens (including phenoxy) is 1. The molecular weight excluding hydrogens is 442 g/mol. The van der Waals surface area contributed by atoms with Gasteiger partial charge in [-0.3, -0.25) is 14.3 Å². The number of carbonyl (C=O) groups is 2. The van der Waals surface area contributed by atoms with Crippen molar-refractivity contribution < 1.29 is 22.7 Å². The van der Waals surface area contributed by atoms with Gasteiger partial charge in [0.05, 0.1) is 11.5 Å². The van der Waals surface area contributed by atoms with E-state index in [1.807, 2.05) is 13.0 Å². The van der Waals surface area contributed by atoms with Crippen LogP contribution in [0.1, 0.15) is 33.2 Å². The van der Waals surface area contributed by atoms with Crippen molar-refractivity contribution >= 4 is 27.5 Å². The lowest BCUT2D eigenvalue weighted by atomic mass is 10.1. The molecule has 0 heterocycles. The first-order valence-electron chi connectivity index (χ1n) is 10.3. The smallest absolute Gasteiger partial charge is 0.261 e. The zero-order chi connectivity index (χ0) is 23.8. The number of amides is 2. The van der Waals surface area contributed by atoms with Crippen LogP contribution in [-0.4, -0.2) is 33.4 Å². The Balaban J connectivity index is 1.62. The Kier molecular flexibility index (Phi) is 7.68. The summed E-state index contributed by atoms with van der Waals surface area (Å²) in [5.41, 5.74) is 7.14. The zero-order valence-corrected chi connectivity index (χ0v) is 18.9. The Morgan fingerprint density at radius 3 is 2.33 bits per heavy atom. The molecule has 33 heavy (non-hydrogen) atoms. The maximum absolute atomic E-state index is 12.7. The molecule has 0 aliphatic rings. The minimum atomic E-state index is -3.83. The van der Waals surface area contributed by atoms with Crippen molar-refractivity contribution in [1.82, 2.24) is 5.32 Å². The molecule has 0 spiro atoms. The Hall–Kier alpha value is -3.85. The lowest BCUT2D eigenvalue weighted by molar-refractivity contribution is 0.0952. The Bertz CT molecular complexity index is 1240. The summed E-state index contributed by atoms with van der Waals surface area (Å²) in [5.74, 6) is -0.273. The quantitative estimate of drug-likeness (QED) is 0.422. The minimum absolute atomic E-state index is 0.0824. The fourth-order valence-electron chi connectivity index (χ4n) is 3.12. The summed E-state index contributed by atoms with van der Waals surface area (Å²) in [5, 5.41) is 2.79. The highest BCUT2D eigenvalue weighted by atomic mass is 32.2. The highest BCUT2D eigenvalue weighted by Crippen LogP contribution is 2.20. The maximum atomic E-state index is 12.7. The number of nitrogens with one attached hydrogen (secondary N) is 2. The van der Waals surface area contributed by atoms with Gasteiger partial charge in [0.15, 0.2) is 0 Å². The monoisotopic (exact) mass is 467 g/mol. The fourth-order valence-corrected chi connectivity index (χ4v) is 4.17. The van der Waals surface area contributed by atoms with Gasteiger partial charge in [-0.2, -0.15) is 0 Å². The number of sulfonamides is 1. The number of nitrogens with two attached hydrogens (primary N) is 1. The summed E-state index contributed by atoms with van der Waals surface area (Å²) in [4.78, 5) is 23.9. The average Bonchev–Trinajstić information content (AvgIpc) is 2.79. The predicted molar refractivity (Wildman–Crippen MR) is 126 cm³/mol. The van der Waals surface area contributed by atoms with E-state index >= 15 is 0 Å². The summed E-state index contributed by atoms with van der Waals surface area (Å²) in [6.45, 7) is 2.67. The molecule has 0 fully saturated rings. The Morgan fingerprint density at radius 1 is 0.939 bits per heavy atom. The highest BCUT2D eigenvalue weighted by Gasteiger charge is 2.15. The number of hydrogen-bond donors (Lipinski definition) is 3. The maximum Gasteiger partial charge on any atom is 0.261 e. The molecule has 0 unspecified atom stereocenters. The number of carbonyl (C=O) groups excluding carboxylic acids is 2. The molecule has 0 saturated heterocycles. The van der Waals surface area contributed by atoms with E-state index in [1.54, 1.807) is 48.5 Å². The third-order valence-corrected chi connectivity index (χ3v) is 6.13. The fraction of sp³-hybridized carbons (Fsp3) is 0.167. The van der Waals surface area contributed by atoms with E-state index in [-0.39, 0.29) is 16.5 Å². The van der Waals surface area contributed by atoms with Crippen LogP contribution in [0.4, 0.5) is 5.69 Å². The normalized spacial score (nSPS) is 10.9. The molecule has 0 radical (unpaired) electrons. The number of rotatable bonds is 10. The van der Waals surface area contributed by atoms with Crippen LogP contribution in [0.5, 0.6) is 5.75 Å². The molecule has 0 atom stereocenters. The van der Waals surface area contributed by atoms with Crippen molar-refractivity contribution in [2.24, 2.45) is 5.73 Å². The first-order valence-corrected chi connectivity index (χ1v) is 11.8. The van der Waals surface area contributed by atoms with E-state index < -0.39 is 15.9 Å².